The lowest BCUT2D eigenvalue weighted by Crippen LogP contribution is -2.58. The van der Waals surface area contributed by atoms with Gasteiger partial charge in [0.25, 0.3) is 0 Å². The van der Waals surface area contributed by atoms with Crippen molar-refractivity contribution in [1.82, 2.24) is 20.0 Å². The van der Waals surface area contributed by atoms with Gasteiger partial charge in [0.15, 0.2) is 0 Å². The summed E-state index contributed by atoms with van der Waals surface area (Å²) in [7, 11) is 3.48. The molecule has 1 aliphatic rings. The van der Waals surface area contributed by atoms with Crippen LogP contribution in [0.25, 0.3) is 0 Å². The molecule has 0 bridgehead atoms. The molecule has 7 nitrogen and oxygen atoms in total. The first-order chi connectivity index (χ1) is 13.2. The number of aryl methyl sites for hydroxylation is 1. The molecule has 2 aromatic rings. The number of benzene rings is 1. The molecule has 0 unspecified atom stereocenters. The molecule has 2 atom stereocenters. The lowest BCUT2D eigenvalue weighted by Gasteiger charge is -2.54. The molecule has 3 rings (SSSR count). The SMILES string of the molecule is COc1ccc([C@H](CC(=O)N2CC(C)(C)[C@@H]2c2cnn(C)c2)NC(C)=O)cc1. The van der Waals surface area contributed by atoms with Gasteiger partial charge >= 0.3 is 0 Å². The van der Waals surface area contributed by atoms with Crippen LogP contribution in [0.4, 0.5) is 0 Å². The Bertz CT molecular complexity index is 857. The third kappa shape index (κ3) is 4.03. The summed E-state index contributed by atoms with van der Waals surface area (Å²) in [6, 6.07) is 7.03. The summed E-state index contributed by atoms with van der Waals surface area (Å²) in [4.78, 5) is 26.7. The second-order valence-corrected chi connectivity index (χ2v) is 8.09. The number of carbonyl (C=O) groups excluding carboxylic acids is 2. The highest BCUT2D eigenvalue weighted by Gasteiger charge is 2.49. The van der Waals surface area contributed by atoms with Crippen molar-refractivity contribution in [2.24, 2.45) is 12.5 Å². The summed E-state index contributed by atoms with van der Waals surface area (Å²) in [5, 5.41) is 7.16. The molecule has 2 amide bonds. The first kappa shape index (κ1) is 19.9. The second kappa shape index (κ2) is 7.66. The summed E-state index contributed by atoms with van der Waals surface area (Å²) < 4.78 is 6.95. The molecule has 0 spiro atoms. The molecule has 7 heteroatoms. The highest BCUT2D eigenvalue weighted by Crippen LogP contribution is 2.48. The molecule has 2 heterocycles. The summed E-state index contributed by atoms with van der Waals surface area (Å²) in [6.45, 7) is 6.46. The molecular weight excluding hydrogens is 356 g/mol. The molecule has 0 aliphatic carbocycles. The standard InChI is InChI=1S/C21H28N4O3/c1-14(26)23-18(15-6-8-17(28-5)9-7-15)10-19(27)25-13-21(2,3)20(25)16-11-22-24(4)12-16/h6-9,11-12,18,20H,10,13H2,1-5H3,(H,23,26)/t18-,20-/m0/s1. The van der Waals surface area contributed by atoms with E-state index in [1.54, 1.807) is 11.8 Å². The van der Waals surface area contributed by atoms with E-state index in [1.807, 2.05) is 48.6 Å². The van der Waals surface area contributed by atoms with Crippen LogP contribution in [0.1, 0.15) is 50.4 Å². The fourth-order valence-electron chi connectivity index (χ4n) is 4.00. The zero-order valence-electron chi connectivity index (χ0n) is 17.1. The third-order valence-electron chi connectivity index (χ3n) is 5.27. The fraction of sp³-hybridized carbons (Fsp3) is 0.476. The molecule has 1 aromatic carbocycles. The number of hydrogen-bond acceptors (Lipinski definition) is 4. The van der Waals surface area contributed by atoms with Gasteiger partial charge in [0.1, 0.15) is 5.75 Å². The number of ether oxygens (including phenoxy) is 1. The van der Waals surface area contributed by atoms with Gasteiger partial charge in [0.2, 0.25) is 11.8 Å². The molecule has 1 fully saturated rings. The van der Waals surface area contributed by atoms with Crippen LogP contribution in [0.15, 0.2) is 36.7 Å². The van der Waals surface area contributed by atoms with Crippen molar-refractivity contribution in [2.45, 2.75) is 39.3 Å². The lowest BCUT2D eigenvalue weighted by molar-refractivity contribution is -0.152. The van der Waals surface area contributed by atoms with Crippen molar-refractivity contribution < 1.29 is 14.3 Å². The maximum Gasteiger partial charge on any atom is 0.225 e. The monoisotopic (exact) mass is 384 g/mol. The van der Waals surface area contributed by atoms with Crippen molar-refractivity contribution in [3.63, 3.8) is 0 Å². The number of rotatable bonds is 6. The third-order valence-corrected chi connectivity index (χ3v) is 5.27. The van der Waals surface area contributed by atoms with E-state index in [9.17, 15) is 9.59 Å². The number of aromatic nitrogens is 2. The highest BCUT2D eigenvalue weighted by atomic mass is 16.5. The predicted octanol–water partition coefficient (Wildman–Crippen LogP) is 2.61. The van der Waals surface area contributed by atoms with Gasteiger partial charge in [-0.15, -0.1) is 0 Å². The van der Waals surface area contributed by atoms with Crippen molar-refractivity contribution in [3.05, 3.63) is 47.8 Å². The Balaban J connectivity index is 1.78. The van der Waals surface area contributed by atoms with E-state index >= 15 is 0 Å². The van der Waals surface area contributed by atoms with Gasteiger partial charge in [-0.1, -0.05) is 26.0 Å². The van der Waals surface area contributed by atoms with Gasteiger partial charge in [-0.25, -0.2) is 0 Å². The molecule has 1 N–H and O–H groups in total. The Morgan fingerprint density at radius 1 is 1.32 bits per heavy atom. The molecule has 1 aliphatic heterocycles. The van der Waals surface area contributed by atoms with Crippen LogP contribution < -0.4 is 10.1 Å². The smallest absolute Gasteiger partial charge is 0.225 e. The van der Waals surface area contributed by atoms with E-state index in [0.717, 1.165) is 16.9 Å². The lowest BCUT2D eigenvalue weighted by atomic mass is 9.72. The van der Waals surface area contributed by atoms with Crippen LogP contribution in [-0.4, -0.2) is 40.1 Å². The predicted molar refractivity (Wildman–Crippen MR) is 106 cm³/mol. The van der Waals surface area contributed by atoms with Crippen LogP contribution in [0.5, 0.6) is 5.75 Å². The highest BCUT2D eigenvalue weighted by molar-refractivity contribution is 5.80. The van der Waals surface area contributed by atoms with Gasteiger partial charge in [-0.3, -0.25) is 14.3 Å². The van der Waals surface area contributed by atoms with E-state index in [1.165, 1.54) is 6.92 Å². The quantitative estimate of drug-likeness (QED) is 0.831. The van der Waals surface area contributed by atoms with Gasteiger partial charge in [-0.05, 0) is 17.7 Å². The van der Waals surface area contributed by atoms with Crippen molar-refractivity contribution in [2.75, 3.05) is 13.7 Å². The van der Waals surface area contributed by atoms with E-state index in [2.05, 4.69) is 24.3 Å². The number of hydrogen-bond donors (Lipinski definition) is 1. The first-order valence-electron chi connectivity index (χ1n) is 9.40. The molecule has 0 radical (unpaired) electrons. The van der Waals surface area contributed by atoms with E-state index in [-0.39, 0.29) is 35.7 Å². The van der Waals surface area contributed by atoms with Crippen LogP contribution in [0.2, 0.25) is 0 Å². The Kier molecular flexibility index (Phi) is 5.45. The molecular formula is C21H28N4O3. The minimum atomic E-state index is -0.380. The molecule has 150 valence electrons. The van der Waals surface area contributed by atoms with Gasteiger partial charge < -0.3 is 15.0 Å². The maximum absolute atomic E-state index is 13.1. The minimum absolute atomic E-state index is 0.0115. The summed E-state index contributed by atoms with van der Waals surface area (Å²) in [6.07, 6.45) is 3.99. The Labute approximate surface area is 165 Å². The fourth-order valence-corrected chi connectivity index (χ4v) is 4.00. The average Bonchev–Trinajstić information content (AvgIpc) is 3.04. The maximum atomic E-state index is 13.1. The average molecular weight is 384 g/mol. The second-order valence-electron chi connectivity index (χ2n) is 8.09. The molecule has 1 saturated heterocycles. The van der Waals surface area contributed by atoms with Crippen molar-refractivity contribution in [1.29, 1.82) is 0 Å². The Hall–Kier alpha value is -2.83. The minimum Gasteiger partial charge on any atom is -0.497 e. The number of methoxy groups -OCH3 is 1. The van der Waals surface area contributed by atoms with Gasteiger partial charge in [0.05, 0.1) is 31.8 Å². The first-order valence-corrected chi connectivity index (χ1v) is 9.40. The zero-order chi connectivity index (χ0) is 20.5. The number of carbonyl (C=O) groups is 2. The van der Waals surface area contributed by atoms with Crippen LogP contribution in [0, 0.1) is 5.41 Å². The van der Waals surface area contributed by atoms with Crippen LogP contribution >= 0.6 is 0 Å². The van der Waals surface area contributed by atoms with E-state index in [0.29, 0.717) is 6.54 Å². The number of likely N-dealkylation sites (tertiary alicyclic amines) is 1. The Morgan fingerprint density at radius 2 is 2.00 bits per heavy atom. The topological polar surface area (TPSA) is 76.5 Å². The molecule has 28 heavy (non-hydrogen) atoms. The van der Waals surface area contributed by atoms with E-state index in [4.69, 9.17) is 4.74 Å². The summed E-state index contributed by atoms with van der Waals surface area (Å²) in [5.41, 5.74) is 1.90. The number of nitrogens with one attached hydrogen (secondary N) is 1. The molecule has 1 aromatic heterocycles. The molecule has 0 saturated carbocycles. The van der Waals surface area contributed by atoms with Crippen LogP contribution in [0.3, 0.4) is 0 Å². The summed E-state index contributed by atoms with van der Waals surface area (Å²) >= 11 is 0. The summed E-state index contributed by atoms with van der Waals surface area (Å²) in [5.74, 6) is 0.585. The Morgan fingerprint density at radius 3 is 2.50 bits per heavy atom. The largest absolute Gasteiger partial charge is 0.497 e. The number of nitrogens with zero attached hydrogens (tertiary/aromatic N) is 3. The van der Waals surface area contributed by atoms with Gasteiger partial charge in [0, 0.05) is 37.7 Å². The zero-order valence-corrected chi connectivity index (χ0v) is 17.1. The van der Waals surface area contributed by atoms with Crippen molar-refractivity contribution >= 4 is 11.8 Å². The normalized spacial score (nSPS) is 18.9. The van der Waals surface area contributed by atoms with Crippen molar-refractivity contribution in [3.8, 4) is 5.75 Å². The number of amides is 2. The van der Waals surface area contributed by atoms with Gasteiger partial charge in [-0.2, -0.15) is 5.10 Å². The van der Waals surface area contributed by atoms with Crippen LogP contribution in [-0.2, 0) is 16.6 Å². The van der Waals surface area contributed by atoms with E-state index < -0.39 is 0 Å².